The summed E-state index contributed by atoms with van der Waals surface area (Å²) in [5.41, 5.74) is -2.11. The number of halogens is 3. The molecule has 0 saturated heterocycles. The average Bonchev–Trinajstić information content (AvgIpc) is 2.78. The highest BCUT2D eigenvalue weighted by Crippen LogP contribution is 2.38. The smallest absolute Gasteiger partial charge is 0.417 e. The van der Waals surface area contributed by atoms with Gasteiger partial charge in [-0.3, -0.25) is 0 Å². The Balaban J connectivity index is 1.65. The molecule has 4 rings (SSSR count). The number of alkyl halides is 3. The minimum Gasteiger partial charge on any atom is -0.486 e. The van der Waals surface area contributed by atoms with Crippen molar-refractivity contribution in [3.05, 3.63) is 89.8 Å². The molecule has 0 bridgehead atoms. The minimum atomic E-state index is -4.62. The van der Waals surface area contributed by atoms with E-state index in [2.05, 4.69) is 13.2 Å². The summed E-state index contributed by atoms with van der Waals surface area (Å²) < 4.78 is 56.7. The quantitative estimate of drug-likeness (QED) is 0.211. The Labute approximate surface area is 186 Å². The van der Waals surface area contributed by atoms with Gasteiger partial charge in [-0.15, -0.1) is 6.58 Å². The zero-order valence-corrected chi connectivity index (χ0v) is 17.3. The molecule has 0 N–H and O–H groups in total. The van der Waals surface area contributed by atoms with Crippen LogP contribution < -0.4 is 10.4 Å². The summed E-state index contributed by atoms with van der Waals surface area (Å²) in [5.74, 6) is -0.255. The van der Waals surface area contributed by atoms with Crippen LogP contribution in [0.3, 0.4) is 0 Å². The van der Waals surface area contributed by atoms with Gasteiger partial charge in [0, 0.05) is 29.0 Å². The van der Waals surface area contributed by atoms with Crippen LogP contribution in [0.5, 0.6) is 5.75 Å². The molecule has 170 valence electrons. The van der Waals surface area contributed by atoms with Gasteiger partial charge in [-0.05, 0) is 30.7 Å². The Kier molecular flexibility index (Phi) is 5.84. The van der Waals surface area contributed by atoms with Crippen molar-refractivity contribution in [3.8, 4) is 16.9 Å². The molecule has 1 fully saturated rings. The average molecular weight is 456 g/mol. The van der Waals surface area contributed by atoms with Crippen LogP contribution in [0.4, 0.5) is 13.2 Å². The molecule has 8 heteroatoms. The van der Waals surface area contributed by atoms with Crippen molar-refractivity contribution >= 4 is 16.9 Å². The van der Waals surface area contributed by atoms with Gasteiger partial charge in [0.15, 0.2) is 0 Å². The second-order valence-corrected chi connectivity index (χ2v) is 7.59. The SMILES string of the molecule is C=CC(=O)OC1CC(C=C)C1Oc1ccc2cc(-c3ccccc3C(F)(F)F)c(=O)oc2c1. The lowest BCUT2D eigenvalue weighted by Gasteiger charge is -2.41. The molecule has 0 spiro atoms. The number of fused-ring (bicyclic) bond motifs is 1. The predicted octanol–water partition coefficient (Wildman–Crippen LogP) is 5.53. The van der Waals surface area contributed by atoms with E-state index in [0.29, 0.717) is 17.6 Å². The molecule has 33 heavy (non-hydrogen) atoms. The Hall–Kier alpha value is -3.81. The fraction of sp³-hybridized carbons (Fsp3) is 0.200. The number of rotatable bonds is 6. The van der Waals surface area contributed by atoms with E-state index in [4.69, 9.17) is 13.9 Å². The zero-order chi connectivity index (χ0) is 23.8. The van der Waals surface area contributed by atoms with E-state index in [1.807, 2.05) is 0 Å². The Bertz CT molecular complexity index is 1290. The lowest BCUT2D eigenvalue weighted by Crippen LogP contribution is -2.51. The largest absolute Gasteiger partial charge is 0.486 e. The van der Waals surface area contributed by atoms with Gasteiger partial charge in [-0.25, -0.2) is 9.59 Å². The monoisotopic (exact) mass is 456 g/mol. The second-order valence-electron chi connectivity index (χ2n) is 7.59. The maximum absolute atomic E-state index is 13.4. The third-order valence-electron chi connectivity index (χ3n) is 5.53. The van der Waals surface area contributed by atoms with Crippen molar-refractivity contribution in [1.82, 2.24) is 0 Å². The fourth-order valence-corrected chi connectivity index (χ4v) is 3.80. The first-order chi connectivity index (χ1) is 15.7. The fourth-order valence-electron chi connectivity index (χ4n) is 3.80. The Morgan fingerprint density at radius 3 is 2.55 bits per heavy atom. The van der Waals surface area contributed by atoms with Gasteiger partial charge in [-0.1, -0.05) is 30.9 Å². The third-order valence-corrected chi connectivity index (χ3v) is 5.53. The number of hydrogen-bond acceptors (Lipinski definition) is 5. The molecule has 1 heterocycles. The van der Waals surface area contributed by atoms with Crippen LogP contribution in [0.15, 0.2) is 83.1 Å². The maximum Gasteiger partial charge on any atom is 0.417 e. The lowest BCUT2D eigenvalue weighted by atomic mass is 9.78. The highest BCUT2D eigenvalue weighted by Gasteiger charge is 2.44. The summed E-state index contributed by atoms with van der Waals surface area (Å²) in [6.45, 7) is 7.12. The Morgan fingerprint density at radius 2 is 1.85 bits per heavy atom. The maximum atomic E-state index is 13.4. The van der Waals surface area contributed by atoms with Gasteiger partial charge in [-0.2, -0.15) is 13.2 Å². The first-order valence-corrected chi connectivity index (χ1v) is 10.1. The summed E-state index contributed by atoms with van der Waals surface area (Å²) in [6, 6.07) is 10.9. The highest BCUT2D eigenvalue weighted by atomic mass is 19.4. The van der Waals surface area contributed by atoms with Crippen LogP contribution in [-0.2, 0) is 15.7 Å². The normalized spacial score (nSPS) is 20.0. The molecule has 0 radical (unpaired) electrons. The van der Waals surface area contributed by atoms with Gasteiger partial charge in [0.1, 0.15) is 23.5 Å². The van der Waals surface area contributed by atoms with Crippen molar-refractivity contribution in [2.45, 2.75) is 24.8 Å². The minimum absolute atomic E-state index is 0.0448. The van der Waals surface area contributed by atoms with Crippen molar-refractivity contribution in [1.29, 1.82) is 0 Å². The number of hydrogen-bond donors (Lipinski definition) is 0. The van der Waals surface area contributed by atoms with Gasteiger partial charge in [0.05, 0.1) is 11.1 Å². The van der Waals surface area contributed by atoms with Gasteiger partial charge >= 0.3 is 17.8 Å². The van der Waals surface area contributed by atoms with Crippen molar-refractivity contribution < 1.29 is 31.9 Å². The van der Waals surface area contributed by atoms with E-state index in [9.17, 15) is 22.8 Å². The number of carbonyl (C=O) groups is 1. The molecule has 3 aromatic rings. The van der Waals surface area contributed by atoms with Gasteiger partial charge in [0.2, 0.25) is 0 Å². The van der Waals surface area contributed by atoms with Gasteiger partial charge < -0.3 is 13.9 Å². The lowest BCUT2D eigenvalue weighted by molar-refractivity contribution is -0.161. The van der Waals surface area contributed by atoms with E-state index in [1.54, 1.807) is 18.2 Å². The topological polar surface area (TPSA) is 65.7 Å². The number of benzene rings is 2. The van der Waals surface area contributed by atoms with Gasteiger partial charge in [0.25, 0.3) is 0 Å². The van der Waals surface area contributed by atoms with Crippen LogP contribution in [0.2, 0.25) is 0 Å². The molecule has 1 aromatic heterocycles. The highest BCUT2D eigenvalue weighted by molar-refractivity contribution is 5.83. The van der Waals surface area contributed by atoms with E-state index >= 15 is 0 Å². The molecule has 0 aliphatic heterocycles. The summed E-state index contributed by atoms with van der Waals surface area (Å²) in [6.07, 6.45) is -2.26. The molecule has 3 atom stereocenters. The first-order valence-electron chi connectivity index (χ1n) is 10.1. The van der Waals surface area contributed by atoms with Crippen LogP contribution in [-0.4, -0.2) is 18.2 Å². The summed E-state index contributed by atoms with van der Waals surface area (Å²) >= 11 is 0. The molecule has 1 aliphatic carbocycles. The van der Waals surface area contributed by atoms with Crippen molar-refractivity contribution in [2.75, 3.05) is 0 Å². The van der Waals surface area contributed by atoms with Crippen LogP contribution in [0.1, 0.15) is 12.0 Å². The summed E-state index contributed by atoms with van der Waals surface area (Å²) in [5, 5.41) is 0.428. The number of esters is 1. The zero-order valence-electron chi connectivity index (χ0n) is 17.3. The van der Waals surface area contributed by atoms with Crippen LogP contribution >= 0.6 is 0 Å². The molecular formula is C25H19F3O5. The molecule has 3 unspecified atom stereocenters. The first kappa shape index (κ1) is 22.4. The Morgan fingerprint density at radius 1 is 1.09 bits per heavy atom. The molecule has 2 aromatic carbocycles. The van der Waals surface area contributed by atoms with Crippen LogP contribution in [0.25, 0.3) is 22.1 Å². The van der Waals surface area contributed by atoms with E-state index in [1.165, 1.54) is 30.3 Å². The van der Waals surface area contributed by atoms with E-state index in [-0.39, 0.29) is 22.6 Å². The molecule has 5 nitrogen and oxygen atoms in total. The molecule has 0 amide bonds. The second kappa shape index (κ2) is 8.61. The molecular weight excluding hydrogens is 437 g/mol. The van der Waals surface area contributed by atoms with E-state index < -0.39 is 35.5 Å². The molecule has 1 saturated carbocycles. The standard InChI is InChI=1S/C25H19F3O5/c1-3-14-12-21(32-22(29)4-2)23(14)31-16-10-9-15-11-18(24(30)33-20(15)13-16)17-7-5-6-8-19(17)25(26,27)28/h3-11,13-14,21,23H,1-2,12H2. The number of ether oxygens (including phenoxy) is 2. The predicted molar refractivity (Wildman–Crippen MR) is 116 cm³/mol. The third kappa shape index (κ3) is 4.41. The van der Waals surface area contributed by atoms with Crippen molar-refractivity contribution in [3.63, 3.8) is 0 Å². The summed E-state index contributed by atoms with van der Waals surface area (Å²) in [4.78, 5) is 24.1. The van der Waals surface area contributed by atoms with Crippen LogP contribution in [0, 0.1) is 5.92 Å². The molecule has 1 aliphatic rings. The van der Waals surface area contributed by atoms with Crippen molar-refractivity contribution in [2.24, 2.45) is 5.92 Å². The summed E-state index contributed by atoms with van der Waals surface area (Å²) in [7, 11) is 0. The van der Waals surface area contributed by atoms with E-state index in [0.717, 1.165) is 12.1 Å². The number of carbonyl (C=O) groups excluding carboxylic acids is 1.